The third kappa shape index (κ3) is 3.39. The Labute approximate surface area is 124 Å². The molecule has 0 radical (unpaired) electrons. The number of amides is 1. The molecule has 114 valence electrons. The first-order chi connectivity index (χ1) is 9.84. The zero-order valence-corrected chi connectivity index (χ0v) is 13.0. The van der Waals surface area contributed by atoms with Crippen molar-refractivity contribution in [2.75, 3.05) is 13.2 Å². The number of hydrogen-bond donors (Lipinski definition) is 2. The van der Waals surface area contributed by atoms with E-state index in [1.807, 2.05) is 33.8 Å². The van der Waals surface area contributed by atoms with Crippen LogP contribution in [0.5, 0.6) is 0 Å². The highest BCUT2D eigenvalue weighted by molar-refractivity contribution is 5.99. The van der Waals surface area contributed by atoms with Crippen LogP contribution in [0.3, 0.4) is 0 Å². The number of carbonyl (C=O) groups is 1. The second-order valence-corrected chi connectivity index (χ2v) is 6.15. The van der Waals surface area contributed by atoms with Crippen LogP contribution in [0, 0.1) is 19.3 Å². The van der Waals surface area contributed by atoms with E-state index in [1.165, 1.54) is 0 Å². The Bertz CT molecular complexity index is 661. The van der Waals surface area contributed by atoms with Crippen LogP contribution in [0.25, 0.3) is 5.65 Å². The lowest BCUT2D eigenvalue weighted by atomic mass is 9.90. The average molecular weight is 290 g/mol. The Morgan fingerprint density at radius 2 is 2.14 bits per heavy atom. The van der Waals surface area contributed by atoms with Gasteiger partial charge in [0.1, 0.15) is 5.56 Å². The molecule has 0 aliphatic heterocycles. The summed E-state index contributed by atoms with van der Waals surface area (Å²) in [6.45, 7) is 8.44. The van der Waals surface area contributed by atoms with Crippen molar-refractivity contribution < 1.29 is 9.90 Å². The molecule has 6 heteroatoms. The van der Waals surface area contributed by atoms with Gasteiger partial charge in [-0.2, -0.15) is 5.10 Å². The molecule has 0 aliphatic carbocycles. The van der Waals surface area contributed by atoms with E-state index >= 15 is 0 Å². The molecule has 2 aromatic heterocycles. The van der Waals surface area contributed by atoms with Gasteiger partial charge in [-0.25, -0.2) is 9.50 Å². The molecule has 0 atom stereocenters. The van der Waals surface area contributed by atoms with E-state index in [4.69, 9.17) is 5.11 Å². The molecule has 0 saturated heterocycles. The first-order valence-electron chi connectivity index (χ1n) is 7.05. The molecule has 0 aromatic carbocycles. The molecule has 2 heterocycles. The third-order valence-corrected chi connectivity index (χ3v) is 3.54. The van der Waals surface area contributed by atoms with E-state index in [0.29, 0.717) is 24.2 Å². The zero-order chi connectivity index (χ0) is 15.6. The van der Waals surface area contributed by atoms with Crippen LogP contribution in [0.4, 0.5) is 0 Å². The van der Waals surface area contributed by atoms with Crippen molar-refractivity contribution in [1.29, 1.82) is 0 Å². The summed E-state index contributed by atoms with van der Waals surface area (Å²) in [5.74, 6) is -0.187. The topological polar surface area (TPSA) is 79.5 Å². The summed E-state index contributed by atoms with van der Waals surface area (Å²) < 4.78 is 1.67. The average Bonchev–Trinajstić information content (AvgIpc) is 2.80. The van der Waals surface area contributed by atoms with Crippen molar-refractivity contribution in [3.63, 3.8) is 0 Å². The van der Waals surface area contributed by atoms with Crippen LogP contribution < -0.4 is 5.32 Å². The number of nitrogens with one attached hydrogen (secondary N) is 1. The largest absolute Gasteiger partial charge is 0.396 e. The number of aliphatic hydroxyl groups excluding tert-OH is 1. The van der Waals surface area contributed by atoms with E-state index in [2.05, 4.69) is 15.4 Å². The SMILES string of the molecule is Cc1cc(C)n2ncc(C(=O)NCC(C)(C)CCO)c2n1. The molecule has 2 N–H and O–H groups in total. The summed E-state index contributed by atoms with van der Waals surface area (Å²) in [6.07, 6.45) is 2.18. The van der Waals surface area contributed by atoms with Crippen LogP contribution in [-0.2, 0) is 0 Å². The van der Waals surface area contributed by atoms with Gasteiger partial charge in [-0.1, -0.05) is 13.8 Å². The Kier molecular flexibility index (Phi) is 4.27. The number of aryl methyl sites for hydroxylation is 2. The number of nitrogens with zero attached hydrogens (tertiary/aromatic N) is 3. The highest BCUT2D eigenvalue weighted by atomic mass is 16.3. The van der Waals surface area contributed by atoms with Crippen LogP contribution in [-0.4, -0.2) is 38.8 Å². The van der Waals surface area contributed by atoms with E-state index < -0.39 is 0 Å². The lowest BCUT2D eigenvalue weighted by Crippen LogP contribution is -2.34. The molecule has 0 unspecified atom stereocenters. The lowest BCUT2D eigenvalue weighted by molar-refractivity contribution is 0.0929. The number of fused-ring (bicyclic) bond motifs is 1. The van der Waals surface area contributed by atoms with Crippen LogP contribution in [0.15, 0.2) is 12.3 Å². The number of hydrogen-bond acceptors (Lipinski definition) is 4. The number of rotatable bonds is 5. The van der Waals surface area contributed by atoms with Crippen molar-refractivity contribution in [1.82, 2.24) is 19.9 Å². The van der Waals surface area contributed by atoms with Gasteiger partial charge in [-0.15, -0.1) is 0 Å². The fourth-order valence-electron chi connectivity index (χ4n) is 2.24. The molecule has 0 bridgehead atoms. The van der Waals surface area contributed by atoms with Gasteiger partial charge in [-0.3, -0.25) is 4.79 Å². The van der Waals surface area contributed by atoms with Crippen LogP contribution in [0.1, 0.15) is 42.0 Å². The van der Waals surface area contributed by atoms with Gasteiger partial charge in [-0.05, 0) is 31.7 Å². The summed E-state index contributed by atoms with van der Waals surface area (Å²) in [6, 6.07) is 1.92. The fraction of sp³-hybridized carbons (Fsp3) is 0.533. The minimum atomic E-state index is -0.187. The maximum absolute atomic E-state index is 12.3. The van der Waals surface area contributed by atoms with E-state index in [-0.39, 0.29) is 17.9 Å². The summed E-state index contributed by atoms with van der Waals surface area (Å²) >= 11 is 0. The number of carbonyl (C=O) groups excluding carboxylic acids is 1. The number of aromatic nitrogens is 3. The molecule has 2 aromatic rings. The predicted molar refractivity (Wildman–Crippen MR) is 80.3 cm³/mol. The molecular formula is C15H22N4O2. The lowest BCUT2D eigenvalue weighted by Gasteiger charge is -2.23. The Balaban J connectivity index is 2.21. The zero-order valence-electron chi connectivity index (χ0n) is 13.0. The van der Waals surface area contributed by atoms with Crippen molar-refractivity contribution in [3.8, 4) is 0 Å². The fourth-order valence-corrected chi connectivity index (χ4v) is 2.24. The Morgan fingerprint density at radius 1 is 1.43 bits per heavy atom. The maximum Gasteiger partial charge on any atom is 0.256 e. The quantitative estimate of drug-likeness (QED) is 0.874. The van der Waals surface area contributed by atoms with E-state index in [0.717, 1.165) is 11.4 Å². The molecule has 0 fully saturated rings. The second-order valence-electron chi connectivity index (χ2n) is 6.15. The molecule has 21 heavy (non-hydrogen) atoms. The van der Waals surface area contributed by atoms with Crippen molar-refractivity contribution in [2.24, 2.45) is 5.41 Å². The molecule has 0 saturated carbocycles. The molecule has 0 spiro atoms. The van der Waals surface area contributed by atoms with Gasteiger partial charge in [0.2, 0.25) is 0 Å². The van der Waals surface area contributed by atoms with Crippen molar-refractivity contribution >= 4 is 11.6 Å². The molecule has 1 amide bonds. The summed E-state index contributed by atoms with van der Waals surface area (Å²) in [5, 5.41) is 16.1. The predicted octanol–water partition coefficient (Wildman–Crippen LogP) is 1.48. The van der Waals surface area contributed by atoms with E-state index in [9.17, 15) is 4.79 Å². The van der Waals surface area contributed by atoms with Gasteiger partial charge in [0.15, 0.2) is 5.65 Å². The minimum absolute atomic E-state index is 0.111. The van der Waals surface area contributed by atoms with Gasteiger partial charge in [0.25, 0.3) is 5.91 Å². The van der Waals surface area contributed by atoms with Crippen molar-refractivity contribution in [3.05, 3.63) is 29.2 Å². The smallest absolute Gasteiger partial charge is 0.256 e. The first kappa shape index (κ1) is 15.4. The highest BCUT2D eigenvalue weighted by Gasteiger charge is 2.21. The molecule has 6 nitrogen and oxygen atoms in total. The third-order valence-electron chi connectivity index (χ3n) is 3.54. The van der Waals surface area contributed by atoms with Crippen LogP contribution >= 0.6 is 0 Å². The van der Waals surface area contributed by atoms with Crippen molar-refractivity contribution in [2.45, 2.75) is 34.1 Å². The molecule has 2 rings (SSSR count). The van der Waals surface area contributed by atoms with Gasteiger partial charge in [0, 0.05) is 24.5 Å². The van der Waals surface area contributed by atoms with Gasteiger partial charge in [0.05, 0.1) is 6.20 Å². The minimum Gasteiger partial charge on any atom is -0.396 e. The summed E-state index contributed by atoms with van der Waals surface area (Å²) in [7, 11) is 0. The van der Waals surface area contributed by atoms with Crippen LogP contribution in [0.2, 0.25) is 0 Å². The molecule has 0 aliphatic rings. The maximum atomic E-state index is 12.3. The standard InChI is InChI=1S/C15H22N4O2/c1-10-7-11(2)19-13(18-10)12(8-17-19)14(21)16-9-15(3,4)5-6-20/h7-8,20H,5-6,9H2,1-4H3,(H,16,21). The van der Waals surface area contributed by atoms with Gasteiger partial charge < -0.3 is 10.4 Å². The summed E-state index contributed by atoms with van der Waals surface area (Å²) in [4.78, 5) is 16.7. The highest BCUT2D eigenvalue weighted by Crippen LogP contribution is 2.18. The Hall–Kier alpha value is -1.95. The van der Waals surface area contributed by atoms with E-state index in [1.54, 1.807) is 10.7 Å². The summed E-state index contributed by atoms with van der Waals surface area (Å²) in [5.41, 5.74) is 2.70. The first-order valence-corrected chi connectivity index (χ1v) is 7.05. The number of aliphatic hydroxyl groups is 1. The monoisotopic (exact) mass is 290 g/mol. The normalized spacial score (nSPS) is 11.9. The second kappa shape index (κ2) is 5.81. The molecular weight excluding hydrogens is 268 g/mol. The van der Waals surface area contributed by atoms with Gasteiger partial charge >= 0.3 is 0 Å². The Morgan fingerprint density at radius 3 is 2.81 bits per heavy atom.